The Morgan fingerprint density at radius 1 is 1.17 bits per heavy atom. The number of hydrogen-bond acceptors (Lipinski definition) is 4. The maximum Gasteiger partial charge on any atom is 0.163 e. The fraction of sp³-hybridized carbons (Fsp3) is 0.579. The van der Waals surface area contributed by atoms with Crippen LogP contribution >= 0.6 is 11.8 Å². The van der Waals surface area contributed by atoms with Crippen LogP contribution in [0.2, 0.25) is 0 Å². The standard InChI is InChI=1S/C19H24O3S/c1-5-19-12(2)20-15(16-17(19)22-18(3,4)21-16)14(19)11-23-13-9-7-6-8-10-13/h6-12,15-17H,5H2,1-4H3/t12-,15+,16+,17+,19-/m1/s1. The van der Waals surface area contributed by atoms with Crippen LogP contribution in [0.4, 0.5) is 0 Å². The first-order valence-electron chi connectivity index (χ1n) is 8.41. The van der Waals surface area contributed by atoms with Gasteiger partial charge in [0, 0.05) is 10.3 Å². The number of benzene rings is 1. The van der Waals surface area contributed by atoms with Crippen LogP contribution in [0.3, 0.4) is 0 Å². The van der Waals surface area contributed by atoms with Crippen LogP contribution in [0.1, 0.15) is 34.1 Å². The fourth-order valence-corrected chi connectivity index (χ4v) is 5.40. The van der Waals surface area contributed by atoms with Gasteiger partial charge in [-0.3, -0.25) is 0 Å². The van der Waals surface area contributed by atoms with Crippen molar-refractivity contribution < 1.29 is 14.2 Å². The minimum Gasteiger partial charge on any atom is -0.367 e. The van der Waals surface area contributed by atoms with Gasteiger partial charge in [-0.25, -0.2) is 0 Å². The van der Waals surface area contributed by atoms with Gasteiger partial charge in [-0.05, 0) is 50.3 Å². The third-order valence-corrected chi connectivity index (χ3v) is 6.42. The normalized spacial score (nSPS) is 42.3. The van der Waals surface area contributed by atoms with Crippen molar-refractivity contribution in [2.45, 2.75) is 69.2 Å². The van der Waals surface area contributed by atoms with Gasteiger partial charge in [0.25, 0.3) is 0 Å². The molecule has 1 aliphatic carbocycles. The van der Waals surface area contributed by atoms with Crippen LogP contribution in [0.15, 0.2) is 46.2 Å². The second-order valence-electron chi connectivity index (χ2n) is 7.12. The van der Waals surface area contributed by atoms with Crippen molar-refractivity contribution in [2.75, 3.05) is 0 Å². The summed E-state index contributed by atoms with van der Waals surface area (Å²) in [6.45, 7) is 8.41. The number of fused-ring (bicyclic) bond motifs is 5. The predicted molar refractivity (Wildman–Crippen MR) is 91.3 cm³/mol. The highest BCUT2D eigenvalue weighted by Gasteiger charge is 2.70. The van der Waals surface area contributed by atoms with Crippen LogP contribution in [0, 0.1) is 5.41 Å². The van der Waals surface area contributed by atoms with Crippen LogP contribution in [-0.2, 0) is 14.2 Å². The van der Waals surface area contributed by atoms with E-state index in [4.69, 9.17) is 14.2 Å². The molecule has 4 heteroatoms. The van der Waals surface area contributed by atoms with Gasteiger partial charge in [0.05, 0.1) is 6.10 Å². The summed E-state index contributed by atoms with van der Waals surface area (Å²) in [7, 11) is 0. The largest absolute Gasteiger partial charge is 0.367 e. The minimum absolute atomic E-state index is 0.0174. The fourth-order valence-electron chi connectivity index (χ4n) is 4.47. The van der Waals surface area contributed by atoms with Gasteiger partial charge in [0.1, 0.15) is 18.3 Å². The van der Waals surface area contributed by atoms with Gasteiger partial charge in [-0.15, -0.1) is 0 Å². The van der Waals surface area contributed by atoms with Crippen molar-refractivity contribution in [3.63, 3.8) is 0 Å². The molecule has 0 amide bonds. The molecule has 3 fully saturated rings. The minimum atomic E-state index is -0.514. The lowest BCUT2D eigenvalue weighted by Gasteiger charge is -2.37. The van der Waals surface area contributed by atoms with E-state index >= 15 is 0 Å². The predicted octanol–water partition coefficient (Wildman–Crippen LogP) is 4.38. The van der Waals surface area contributed by atoms with E-state index in [9.17, 15) is 0 Å². The Bertz CT molecular complexity index is 627. The van der Waals surface area contributed by atoms with Crippen molar-refractivity contribution in [1.82, 2.24) is 0 Å². The first-order valence-corrected chi connectivity index (χ1v) is 9.29. The first kappa shape index (κ1) is 15.7. The summed E-state index contributed by atoms with van der Waals surface area (Å²) in [5.74, 6) is -0.514. The zero-order chi connectivity index (χ0) is 16.2. The quantitative estimate of drug-likeness (QED) is 0.768. The summed E-state index contributed by atoms with van der Waals surface area (Å²) in [5.41, 5.74) is 1.29. The number of ether oxygens (including phenoxy) is 3. The third kappa shape index (κ3) is 2.23. The molecule has 4 rings (SSSR count). The van der Waals surface area contributed by atoms with Gasteiger partial charge in [-0.2, -0.15) is 0 Å². The molecule has 0 aromatic heterocycles. The molecule has 2 aliphatic heterocycles. The van der Waals surface area contributed by atoms with E-state index in [2.05, 4.69) is 43.5 Å². The van der Waals surface area contributed by atoms with Crippen LogP contribution in [0.5, 0.6) is 0 Å². The molecule has 5 atom stereocenters. The molecule has 23 heavy (non-hydrogen) atoms. The van der Waals surface area contributed by atoms with Crippen molar-refractivity contribution >= 4 is 11.8 Å². The van der Waals surface area contributed by atoms with Gasteiger partial charge in [-0.1, -0.05) is 36.9 Å². The van der Waals surface area contributed by atoms with Crippen molar-refractivity contribution in [2.24, 2.45) is 5.41 Å². The summed E-state index contributed by atoms with van der Waals surface area (Å²) < 4.78 is 18.7. The molecule has 124 valence electrons. The first-order chi connectivity index (χ1) is 11.0. The van der Waals surface area contributed by atoms with Crippen molar-refractivity contribution in [1.29, 1.82) is 0 Å². The lowest BCUT2D eigenvalue weighted by molar-refractivity contribution is -0.158. The highest BCUT2D eigenvalue weighted by atomic mass is 32.2. The molecule has 1 aromatic rings. The number of hydrogen-bond donors (Lipinski definition) is 0. The van der Waals surface area contributed by atoms with Crippen LogP contribution in [0.25, 0.3) is 0 Å². The van der Waals surface area contributed by atoms with E-state index in [-0.39, 0.29) is 29.8 Å². The summed E-state index contributed by atoms with van der Waals surface area (Å²) >= 11 is 1.77. The molecule has 2 saturated heterocycles. The number of thioether (sulfide) groups is 1. The van der Waals surface area contributed by atoms with Crippen molar-refractivity contribution in [3.8, 4) is 0 Å². The topological polar surface area (TPSA) is 27.7 Å². The molecule has 3 aliphatic rings. The summed E-state index contributed by atoms with van der Waals surface area (Å²) in [6.07, 6.45) is 1.31. The highest BCUT2D eigenvalue weighted by Crippen LogP contribution is 2.62. The summed E-state index contributed by atoms with van der Waals surface area (Å²) in [5, 5.41) is 2.28. The molecule has 1 saturated carbocycles. The van der Waals surface area contributed by atoms with E-state index < -0.39 is 5.79 Å². The van der Waals surface area contributed by atoms with E-state index in [1.54, 1.807) is 11.8 Å². The highest BCUT2D eigenvalue weighted by molar-refractivity contribution is 8.02. The zero-order valence-corrected chi connectivity index (χ0v) is 14.9. The van der Waals surface area contributed by atoms with E-state index in [1.807, 2.05) is 19.9 Å². The number of rotatable bonds is 3. The van der Waals surface area contributed by atoms with Crippen LogP contribution in [-0.4, -0.2) is 30.2 Å². The Labute approximate surface area is 142 Å². The Hall–Kier alpha value is -0.810. The Balaban J connectivity index is 1.69. The lowest BCUT2D eigenvalue weighted by Crippen LogP contribution is -2.47. The van der Waals surface area contributed by atoms with E-state index in [0.29, 0.717) is 0 Å². The Morgan fingerprint density at radius 2 is 1.91 bits per heavy atom. The van der Waals surface area contributed by atoms with Gasteiger partial charge in [0.2, 0.25) is 0 Å². The molecule has 0 N–H and O–H groups in total. The Kier molecular flexibility index (Phi) is 3.65. The average molecular weight is 332 g/mol. The SMILES string of the molecule is CC[C@]12C(=CSc3ccccc3)[C@H](O[C@@H]1C)[C@@H]1OC(C)(C)O[C@@H]12. The van der Waals surface area contributed by atoms with Crippen LogP contribution < -0.4 is 0 Å². The second-order valence-corrected chi connectivity index (χ2v) is 8.06. The van der Waals surface area contributed by atoms with E-state index in [0.717, 1.165) is 6.42 Å². The van der Waals surface area contributed by atoms with Gasteiger partial charge in [0.15, 0.2) is 5.79 Å². The lowest BCUT2D eigenvalue weighted by atomic mass is 9.75. The molecule has 3 nitrogen and oxygen atoms in total. The molecule has 2 bridgehead atoms. The van der Waals surface area contributed by atoms with Gasteiger partial charge < -0.3 is 14.2 Å². The smallest absolute Gasteiger partial charge is 0.163 e. The molecule has 0 radical (unpaired) electrons. The average Bonchev–Trinajstić information content (AvgIpc) is 3.07. The van der Waals surface area contributed by atoms with E-state index in [1.165, 1.54) is 10.5 Å². The van der Waals surface area contributed by atoms with Crippen molar-refractivity contribution in [3.05, 3.63) is 41.3 Å². The monoisotopic (exact) mass is 332 g/mol. The second kappa shape index (κ2) is 5.35. The summed E-state index contributed by atoms with van der Waals surface area (Å²) in [4.78, 5) is 1.25. The van der Waals surface area contributed by atoms with Gasteiger partial charge >= 0.3 is 0 Å². The molecular formula is C19H24O3S. The molecule has 0 unspecified atom stereocenters. The Morgan fingerprint density at radius 3 is 2.61 bits per heavy atom. The maximum absolute atomic E-state index is 6.30. The maximum atomic E-state index is 6.30. The third-order valence-electron chi connectivity index (χ3n) is 5.51. The molecular weight excluding hydrogens is 308 g/mol. The molecule has 1 aromatic carbocycles. The molecule has 2 heterocycles. The zero-order valence-electron chi connectivity index (χ0n) is 14.1. The summed E-state index contributed by atoms with van der Waals surface area (Å²) in [6, 6.07) is 10.5. The molecule has 0 spiro atoms.